The maximum atomic E-state index is 13.2. The number of aryl methyl sites for hydroxylation is 1. The van der Waals surface area contributed by atoms with E-state index in [1.54, 1.807) is 6.07 Å². The molecule has 2 amide bonds. The molecule has 4 rings (SSSR count). The molecule has 1 fully saturated rings. The lowest BCUT2D eigenvalue weighted by molar-refractivity contribution is -0.117. The number of thioether (sulfide) groups is 1. The lowest BCUT2D eigenvalue weighted by Gasteiger charge is -2.18. The van der Waals surface area contributed by atoms with Crippen LogP contribution >= 0.6 is 23.4 Å². The Morgan fingerprint density at radius 1 is 0.935 bits per heavy atom. The maximum Gasteiger partial charge on any atom is 0.242 e. The summed E-state index contributed by atoms with van der Waals surface area (Å²) in [6, 6.07) is 22.8. The Balaban J connectivity index is 1.50. The fourth-order valence-electron chi connectivity index (χ4n) is 3.12. The number of hydrogen-bond acceptors (Lipinski definition) is 3. The number of carbonyl (C=O) groups is 2. The molecule has 1 atom stereocenters. The highest BCUT2D eigenvalue weighted by molar-refractivity contribution is 8.00. The van der Waals surface area contributed by atoms with E-state index in [2.05, 4.69) is 10.6 Å². The van der Waals surface area contributed by atoms with Crippen LogP contribution in [0.2, 0.25) is 5.02 Å². The van der Waals surface area contributed by atoms with E-state index in [-0.39, 0.29) is 17.7 Å². The summed E-state index contributed by atoms with van der Waals surface area (Å²) in [6.45, 7) is 1.92. The van der Waals surface area contributed by atoms with Crippen molar-refractivity contribution in [2.45, 2.75) is 29.9 Å². The summed E-state index contributed by atoms with van der Waals surface area (Å²) in [5.74, 6) is 0.122. The predicted molar refractivity (Wildman–Crippen MR) is 128 cm³/mol. The van der Waals surface area contributed by atoms with Gasteiger partial charge in [-0.1, -0.05) is 48.0 Å². The van der Waals surface area contributed by atoms with Crippen molar-refractivity contribution in [1.82, 2.24) is 0 Å². The fourth-order valence-corrected chi connectivity index (χ4v) is 4.33. The average molecular weight is 451 g/mol. The third kappa shape index (κ3) is 5.69. The van der Waals surface area contributed by atoms with Crippen LogP contribution in [-0.4, -0.2) is 11.8 Å². The van der Waals surface area contributed by atoms with Gasteiger partial charge in [0.1, 0.15) is 5.25 Å². The number of benzene rings is 3. The summed E-state index contributed by atoms with van der Waals surface area (Å²) >= 11 is 7.68. The Kier molecular flexibility index (Phi) is 6.64. The van der Waals surface area contributed by atoms with E-state index in [4.69, 9.17) is 11.6 Å². The monoisotopic (exact) mass is 450 g/mol. The van der Waals surface area contributed by atoms with Gasteiger partial charge in [-0.25, -0.2) is 0 Å². The van der Waals surface area contributed by atoms with Gasteiger partial charge in [0.05, 0.1) is 0 Å². The molecule has 0 aromatic heterocycles. The molecule has 31 heavy (non-hydrogen) atoms. The summed E-state index contributed by atoms with van der Waals surface area (Å²) in [5.41, 5.74) is 3.31. The molecule has 4 nitrogen and oxygen atoms in total. The Bertz CT molecular complexity index is 1080. The van der Waals surface area contributed by atoms with Crippen LogP contribution in [0.4, 0.5) is 11.4 Å². The second kappa shape index (κ2) is 9.58. The third-order valence-corrected chi connectivity index (χ3v) is 6.78. The maximum absolute atomic E-state index is 13.2. The van der Waals surface area contributed by atoms with Crippen LogP contribution in [-0.2, 0) is 9.59 Å². The number of nitrogens with one attached hydrogen (secondary N) is 2. The number of hydrogen-bond donors (Lipinski definition) is 2. The van der Waals surface area contributed by atoms with E-state index < -0.39 is 5.25 Å². The minimum Gasteiger partial charge on any atom is -0.326 e. The lowest BCUT2D eigenvalue weighted by Crippen LogP contribution is -2.19. The molecule has 2 N–H and O–H groups in total. The van der Waals surface area contributed by atoms with Gasteiger partial charge in [-0.15, -0.1) is 11.8 Å². The van der Waals surface area contributed by atoms with Crippen LogP contribution in [0.25, 0.3) is 0 Å². The first kappa shape index (κ1) is 21.5. The first-order chi connectivity index (χ1) is 15.0. The van der Waals surface area contributed by atoms with Gasteiger partial charge in [-0.2, -0.15) is 0 Å². The zero-order valence-electron chi connectivity index (χ0n) is 17.1. The standard InChI is InChI=1S/C25H23ClN2O2S/c1-16-7-10-20(15-22(16)26)28-25(30)23(17-5-3-2-4-6-17)31-21-13-11-19(12-14-21)27-24(29)18-8-9-18/h2-7,10-15,18,23H,8-9H2,1H3,(H,27,29)(H,28,30). The van der Waals surface area contributed by atoms with Gasteiger partial charge < -0.3 is 10.6 Å². The molecule has 0 radical (unpaired) electrons. The van der Waals surface area contributed by atoms with Gasteiger partial charge in [-0.05, 0) is 67.3 Å². The summed E-state index contributed by atoms with van der Waals surface area (Å²) in [7, 11) is 0. The number of rotatable bonds is 7. The molecule has 6 heteroatoms. The van der Waals surface area contributed by atoms with Gasteiger partial charge >= 0.3 is 0 Å². The summed E-state index contributed by atoms with van der Waals surface area (Å²) < 4.78 is 0. The normalized spacial score (nSPS) is 14.0. The van der Waals surface area contributed by atoms with Gasteiger partial charge in [0.25, 0.3) is 0 Å². The molecule has 0 bridgehead atoms. The molecule has 1 aliphatic carbocycles. The molecular weight excluding hydrogens is 428 g/mol. The highest BCUT2D eigenvalue weighted by Gasteiger charge is 2.29. The summed E-state index contributed by atoms with van der Waals surface area (Å²) in [6.07, 6.45) is 1.94. The zero-order valence-corrected chi connectivity index (χ0v) is 18.7. The summed E-state index contributed by atoms with van der Waals surface area (Å²) in [4.78, 5) is 26.1. The minimum absolute atomic E-state index is 0.0821. The van der Waals surface area contributed by atoms with E-state index in [1.807, 2.05) is 73.7 Å². The molecule has 0 aliphatic heterocycles. The third-order valence-electron chi connectivity index (χ3n) is 5.10. The Hall–Kier alpha value is -2.76. The van der Waals surface area contributed by atoms with Crippen LogP contribution in [0.3, 0.4) is 0 Å². The van der Waals surface area contributed by atoms with E-state index in [9.17, 15) is 9.59 Å². The van der Waals surface area contributed by atoms with Crippen LogP contribution in [0, 0.1) is 12.8 Å². The predicted octanol–water partition coefficient (Wildman–Crippen LogP) is 6.47. The van der Waals surface area contributed by atoms with Crippen LogP contribution in [0.1, 0.15) is 29.2 Å². The van der Waals surface area contributed by atoms with Gasteiger partial charge in [-0.3, -0.25) is 9.59 Å². The van der Waals surface area contributed by atoms with Crippen molar-refractivity contribution >= 4 is 46.6 Å². The first-order valence-corrected chi connectivity index (χ1v) is 11.4. The molecule has 3 aromatic rings. The van der Waals surface area contributed by atoms with Crippen LogP contribution in [0.5, 0.6) is 0 Å². The fraction of sp³-hybridized carbons (Fsp3) is 0.200. The molecule has 1 unspecified atom stereocenters. The van der Waals surface area contributed by atoms with E-state index in [0.717, 1.165) is 34.6 Å². The average Bonchev–Trinajstić information content (AvgIpc) is 3.62. The van der Waals surface area contributed by atoms with Crippen molar-refractivity contribution in [1.29, 1.82) is 0 Å². The van der Waals surface area contributed by atoms with Gasteiger partial charge in [0.2, 0.25) is 11.8 Å². The van der Waals surface area contributed by atoms with Crippen LogP contribution < -0.4 is 10.6 Å². The van der Waals surface area contributed by atoms with Crippen molar-refractivity contribution < 1.29 is 9.59 Å². The number of halogens is 1. The largest absolute Gasteiger partial charge is 0.326 e. The zero-order chi connectivity index (χ0) is 21.8. The molecule has 1 aliphatic rings. The van der Waals surface area contributed by atoms with Gasteiger partial charge in [0.15, 0.2) is 0 Å². The lowest BCUT2D eigenvalue weighted by atomic mass is 10.1. The van der Waals surface area contributed by atoms with E-state index in [0.29, 0.717) is 10.7 Å². The van der Waals surface area contributed by atoms with E-state index in [1.165, 1.54) is 11.8 Å². The van der Waals surface area contributed by atoms with E-state index >= 15 is 0 Å². The molecule has 3 aromatic carbocycles. The Morgan fingerprint density at radius 2 is 1.61 bits per heavy atom. The number of anilines is 2. The number of carbonyl (C=O) groups excluding carboxylic acids is 2. The molecule has 1 saturated carbocycles. The molecule has 0 spiro atoms. The van der Waals surface area contributed by atoms with Crippen molar-refractivity contribution in [2.75, 3.05) is 10.6 Å². The highest BCUT2D eigenvalue weighted by atomic mass is 35.5. The van der Waals surface area contributed by atoms with Crippen LogP contribution in [0.15, 0.2) is 77.7 Å². The molecule has 0 saturated heterocycles. The van der Waals surface area contributed by atoms with Crippen molar-refractivity contribution in [3.05, 3.63) is 88.9 Å². The van der Waals surface area contributed by atoms with Gasteiger partial charge in [0, 0.05) is 27.2 Å². The highest BCUT2D eigenvalue weighted by Crippen LogP contribution is 2.37. The molecular formula is C25H23ClN2O2S. The summed E-state index contributed by atoms with van der Waals surface area (Å²) in [5, 5.41) is 6.11. The Morgan fingerprint density at radius 3 is 2.26 bits per heavy atom. The van der Waals surface area contributed by atoms with Crippen molar-refractivity contribution in [3.63, 3.8) is 0 Å². The van der Waals surface area contributed by atoms with Crippen molar-refractivity contribution in [3.8, 4) is 0 Å². The molecule has 158 valence electrons. The second-order valence-electron chi connectivity index (χ2n) is 7.65. The minimum atomic E-state index is -0.437. The topological polar surface area (TPSA) is 58.2 Å². The number of amides is 2. The van der Waals surface area contributed by atoms with Crippen molar-refractivity contribution in [2.24, 2.45) is 5.92 Å². The SMILES string of the molecule is Cc1ccc(NC(=O)C(Sc2ccc(NC(=O)C3CC3)cc2)c2ccccc2)cc1Cl. The second-order valence-corrected chi connectivity index (χ2v) is 9.24. The smallest absolute Gasteiger partial charge is 0.242 e. The quantitative estimate of drug-likeness (QED) is 0.405. The Labute approximate surface area is 191 Å². The molecule has 0 heterocycles. The first-order valence-electron chi connectivity index (χ1n) is 10.2.